The normalized spacial score (nSPS) is 12.8. The van der Waals surface area contributed by atoms with Crippen molar-refractivity contribution in [3.63, 3.8) is 0 Å². The van der Waals surface area contributed by atoms with Crippen LogP contribution in [-0.4, -0.2) is 15.0 Å². The topological polar surface area (TPSA) is 46.2 Å². The number of aryl methyl sites for hydroxylation is 1. The zero-order valence-electron chi connectivity index (χ0n) is 9.20. The lowest BCUT2D eigenvalue weighted by molar-refractivity contribution is 0.585. The van der Waals surface area contributed by atoms with Gasteiger partial charge in [-0.3, -0.25) is 0 Å². The van der Waals surface area contributed by atoms with E-state index >= 15 is 0 Å². The number of hydrogen-bond acceptors (Lipinski definition) is 2. The minimum Gasteiger partial charge on any atom is -0.207 e. The van der Waals surface area contributed by atoms with Crippen LogP contribution in [0, 0.1) is 6.92 Å². The molecule has 0 saturated carbocycles. The predicted octanol–water partition coefficient (Wildman–Crippen LogP) is 2.61. The van der Waals surface area contributed by atoms with Crippen molar-refractivity contribution in [2.45, 2.75) is 18.7 Å². The zero-order chi connectivity index (χ0) is 12.2. The van der Waals surface area contributed by atoms with Crippen LogP contribution < -0.4 is 4.72 Å². The van der Waals surface area contributed by atoms with Crippen LogP contribution in [0.4, 0.5) is 0 Å². The first-order valence-electron chi connectivity index (χ1n) is 4.83. The van der Waals surface area contributed by atoms with Gasteiger partial charge in [0.05, 0.1) is 4.90 Å². The highest BCUT2D eigenvalue weighted by Crippen LogP contribution is 2.11. The smallest absolute Gasteiger partial charge is 0.207 e. The fourth-order valence-electron chi connectivity index (χ4n) is 1.07. The third-order valence-electron chi connectivity index (χ3n) is 2.08. The van der Waals surface area contributed by atoms with Gasteiger partial charge in [-0.25, -0.2) is 13.1 Å². The lowest BCUT2D eigenvalue weighted by Gasteiger charge is -2.06. The molecular weight excluding hydrogens is 337 g/mol. The van der Waals surface area contributed by atoms with Crippen molar-refractivity contribution >= 4 is 32.6 Å². The van der Waals surface area contributed by atoms with E-state index < -0.39 is 10.0 Å². The van der Waals surface area contributed by atoms with Crippen molar-refractivity contribution in [1.82, 2.24) is 4.72 Å². The van der Waals surface area contributed by atoms with E-state index in [2.05, 4.69) is 27.3 Å². The summed E-state index contributed by atoms with van der Waals surface area (Å²) in [4.78, 5) is 0.304. The Labute approximate surface area is 110 Å². The Kier molecular flexibility index (Phi) is 4.94. The lowest BCUT2D eigenvalue weighted by Crippen LogP contribution is -2.24. The van der Waals surface area contributed by atoms with Crippen molar-refractivity contribution < 1.29 is 8.42 Å². The van der Waals surface area contributed by atoms with Crippen LogP contribution in [-0.2, 0) is 10.0 Å². The highest BCUT2D eigenvalue weighted by Gasteiger charge is 2.12. The predicted molar refractivity (Wildman–Crippen MR) is 74.1 cm³/mol. The first kappa shape index (κ1) is 13.7. The van der Waals surface area contributed by atoms with Gasteiger partial charge in [-0.15, -0.1) is 0 Å². The van der Waals surface area contributed by atoms with Gasteiger partial charge < -0.3 is 0 Å². The number of sulfonamides is 1. The second kappa shape index (κ2) is 5.79. The zero-order valence-corrected chi connectivity index (χ0v) is 12.2. The molecule has 1 N–H and O–H groups in total. The lowest BCUT2D eigenvalue weighted by atomic mass is 10.2. The molecule has 0 fully saturated rings. The molecule has 0 bridgehead atoms. The van der Waals surface area contributed by atoms with Gasteiger partial charge in [-0.1, -0.05) is 23.8 Å². The second-order valence-corrected chi connectivity index (χ2v) is 6.53. The van der Waals surface area contributed by atoms with E-state index in [-0.39, 0.29) is 0 Å². The molecule has 0 aliphatic heterocycles. The van der Waals surface area contributed by atoms with E-state index in [4.69, 9.17) is 0 Å². The molecule has 3 nitrogen and oxygen atoms in total. The van der Waals surface area contributed by atoms with E-state index in [0.29, 0.717) is 11.4 Å². The summed E-state index contributed by atoms with van der Waals surface area (Å²) in [7, 11) is -3.38. The Bertz CT molecular complexity index is 477. The fraction of sp³-hybridized carbons (Fsp3) is 0.273. The molecule has 1 aromatic rings. The van der Waals surface area contributed by atoms with E-state index in [9.17, 15) is 8.42 Å². The quantitative estimate of drug-likeness (QED) is 0.848. The van der Waals surface area contributed by atoms with Crippen LogP contribution in [0.15, 0.2) is 38.8 Å². The summed E-state index contributed by atoms with van der Waals surface area (Å²) in [6.07, 6.45) is 1.87. The molecule has 0 heterocycles. The van der Waals surface area contributed by atoms with Crippen molar-refractivity contribution in [2.24, 2.45) is 0 Å². The van der Waals surface area contributed by atoms with Crippen LogP contribution in [0.1, 0.15) is 12.5 Å². The van der Waals surface area contributed by atoms with Gasteiger partial charge >= 0.3 is 0 Å². The summed E-state index contributed by atoms with van der Waals surface area (Å²) in [5, 5.41) is 0. The molecule has 0 aromatic heterocycles. The molecule has 0 spiro atoms. The molecule has 0 atom stereocenters. The van der Waals surface area contributed by atoms with Crippen molar-refractivity contribution in [3.05, 3.63) is 39.5 Å². The van der Waals surface area contributed by atoms with Gasteiger partial charge in [0.25, 0.3) is 0 Å². The van der Waals surface area contributed by atoms with Crippen molar-refractivity contribution in [1.29, 1.82) is 0 Å². The summed E-state index contributed by atoms with van der Waals surface area (Å²) in [5.74, 6) is 0. The van der Waals surface area contributed by atoms with Gasteiger partial charge in [0.2, 0.25) is 10.0 Å². The molecule has 1 aromatic carbocycles. The first-order valence-corrected chi connectivity index (χ1v) is 7.39. The standard InChI is InChI=1S/C11H14INO2S/c1-3-10(12)8-13-16(14,15)11-6-4-9(2)5-7-11/h3-7,13H,8H2,1-2H3/b10-3-. The van der Waals surface area contributed by atoms with E-state index in [1.807, 2.05) is 19.9 Å². The van der Waals surface area contributed by atoms with Crippen molar-refractivity contribution in [2.75, 3.05) is 6.54 Å². The average Bonchev–Trinajstić information content (AvgIpc) is 2.26. The number of halogens is 1. The molecule has 88 valence electrons. The summed E-state index contributed by atoms with van der Waals surface area (Å²) >= 11 is 2.10. The van der Waals surface area contributed by atoms with Gasteiger partial charge in [0.1, 0.15) is 0 Å². The maximum Gasteiger partial charge on any atom is 0.240 e. The first-order chi connectivity index (χ1) is 7.45. The van der Waals surface area contributed by atoms with Crippen molar-refractivity contribution in [3.8, 4) is 0 Å². The second-order valence-electron chi connectivity index (χ2n) is 3.37. The van der Waals surface area contributed by atoms with Gasteiger partial charge in [-0.2, -0.15) is 0 Å². The van der Waals surface area contributed by atoms with E-state index in [0.717, 1.165) is 9.14 Å². The molecule has 0 unspecified atom stereocenters. The highest BCUT2D eigenvalue weighted by atomic mass is 127. The molecule has 0 aliphatic rings. The number of nitrogens with one attached hydrogen (secondary N) is 1. The molecule has 0 aliphatic carbocycles. The minimum atomic E-state index is -3.38. The van der Waals surface area contributed by atoms with Crippen LogP contribution in [0.25, 0.3) is 0 Å². The van der Waals surface area contributed by atoms with E-state index in [1.54, 1.807) is 24.3 Å². The monoisotopic (exact) mass is 351 g/mol. The Morgan fingerprint density at radius 3 is 2.44 bits per heavy atom. The minimum absolute atomic E-state index is 0.304. The number of benzene rings is 1. The SMILES string of the molecule is C/C=C(\I)CNS(=O)(=O)c1ccc(C)cc1. The van der Waals surface area contributed by atoms with Crippen LogP contribution in [0.3, 0.4) is 0 Å². The molecule has 5 heteroatoms. The number of allylic oxidation sites excluding steroid dienone is 1. The number of rotatable bonds is 4. The third-order valence-corrected chi connectivity index (χ3v) is 4.50. The summed E-state index contributed by atoms with van der Waals surface area (Å²) < 4.78 is 27.2. The molecule has 0 saturated heterocycles. The molecule has 0 radical (unpaired) electrons. The molecule has 1 rings (SSSR count). The van der Waals surface area contributed by atoms with Crippen LogP contribution in [0.2, 0.25) is 0 Å². The largest absolute Gasteiger partial charge is 0.240 e. The third kappa shape index (κ3) is 3.88. The Hall–Kier alpha value is -0.400. The molecular formula is C11H14INO2S. The maximum absolute atomic E-state index is 11.8. The van der Waals surface area contributed by atoms with Gasteiger partial charge in [0, 0.05) is 10.1 Å². The van der Waals surface area contributed by atoms with Gasteiger partial charge in [0.15, 0.2) is 0 Å². The Morgan fingerprint density at radius 1 is 1.38 bits per heavy atom. The molecule has 16 heavy (non-hydrogen) atoms. The summed E-state index contributed by atoms with van der Waals surface area (Å²) in [6, 6.07) is 6.80. The fourth-order valence-corrected chi connectivity index (χ4v) is 2.52. The maximum atomic E-state index is 11.8. The molecule has 0 amide bonds. The van der Waals surface area contributed by atoms with E-state index in [1.165, 1.54) is 0 Å². The summed E-state index contributed by atoms with van der Waals surface area (Å²) in [6.45, 7) is 4.14. The van der Waals surface area contributed by atoms with Crippen LogP contribution in [0.5, 0.6) is 0 Å². The summed E-state index contributed by atoms with van der Waals surface area (Å²) in [5.41, 5.74) is 1.04. The average molecular weight is 351 g/mol. The Balaban J connectivity index is 2.82. The highest BCUT2D eigenvalue weighted by molar-refractivity contribution is 14.1. The number of hydrogen-bond donors (Lipinski definition) is 1. The van der Waals surface area contributed by atoms with Gasteiger partial charge in [-0.05, 0) is 48.6 Å². The van der Waals surface area contributed by atoms with Crippen LogP contribution >= 0.6 is 22.6 Å². The Morgan fingerprint density at radius 2 is 1.94 bits per heavy atom.